The van der Waals surface area contributed by atoms with Crippen LogP contribution in [0, 0.1) is 0 Å². The first-order chi connectivity index (χ1) is 39.2. The van der Waals surface area contributed by atoms with E-state index in [0.29, 0.717) is 12.8 Å². The molecule has 0 aromatic carbocycles. The van der Waals surface area contributed by atoms with Crippen LogP contribution in [0.5, 0.6) is 0 Å². The van der Waals surface area contributed by atoms with Gasteiger partial charge in [0, 0.05) is 6.42 Å². The van der Waals surface area contributed by atoms with Crippen LogP contribution < -0.4 is 5.32 Å². The summed E-state index contributed by atoms with van der Waals surface area (Å²) in [5.41, 5.74) is 0. The highest BCUT2D eigenvalue weighted by Gasteiger charge is 2.20. The number of amides is 1. The highest BCUT2D eigenvalue weighted by molar-refractivity contribution is 5.76. The molecule has 0 heterocycles. The lowest BCUT2D eigenvalue weighted by molar-refractivity contribution is -0.123. The lowest BCUT2D eigenvalue weighted by atomic mass is 10.0. The third-order valence-electron chi connectivity index (χ3n) is 16.2. The number of unbranched alkanes of at least 4 members (excludes halogenated alkanes) is 44. The van der Waals surface area contributed by atoms with Crippen molar-refractivity contribution in [2.24, 2.45) is 0 Å². The molecule has 79 heavy (non-hydrogen) atoms. The van der Waals surface area contributed by atoms with E-state index in [4.69, 9.17) is 0 Å². The number of aliphatic hydroxyl groups is 2. The predicted octanol–water partition coefficient (Wildman–Crippen LogP) is 24.2. The average Bonchev–Trinajstić information content (AvgIpc) is 3.45. The van der Waals surface area contributed by atoms with E-state index < -0.39 is 12.1 Å². The topological polar surface area (TPSA) is 69.6 Å². The predicted molar refractivity (Wildman–Crippen MR) is 354 cm³/mol. The second kappa shape index (κ2) is 69.8. The van der Waals surface area contributed by atoms with E-state index in [-0.39, 0.29) is 12.5 Å². The molecule has 0 bridgehead atoms. The first-order valence-corrected chi connectivity index (χ1v) is 35.3. The van der Waals surface area contributed by atoms with Gasteiger partial charge in [-0.2, -0.15) is 0 Å². The van der Waals surface area contributed by atoms with E-state index in [1.165, 1.54) is 270 Å². The van der Waals surface area contributed by atoms with Gasteiger partial charge in [-0.05, 0) is 70.6 Å². The van der Waals surface area contributed by atoms with Crippen LogP contribution in [0.15, 0.2) is 85.1 Å². The zero-order valence-electron chi connectivity index (χ0n) is 53.1. The van der Waals surface area contributed by atoms with Crippen molar-refractivity contribution in [1.82, 2.24) is 5.32 Å². The second-order valence-electron chi connectivity index (χ2n) is 23.9. The summed E-state index contributed by atoms with van der Waals surface area (Å²) < 4.78 is 0. The molecule has 0 rings (SSSR count). The van der Waals surface area contributed by atoms with E-state index in [2.05, 4.69) is 104 Å². The van der Waals surface area contributed by atoms with Crippen molar-refractivity contribution in [1.29, 1.82) is 0 Å². The zero-order valence-corrected chi connectivity index (χ0v) is 53.1. The van der Waals surface area contributed by atoms with Crippen molar-refractivity contribution in [2.45, 2.75) is 379 Å². The Labute approximate surface area is 494 Å². The lowest BCUT2D eigenvalue weighted by Crippen LogP contribution is -2.45. The fourth-order valence-electron chi connectivity index (χ4n) is 10.9. The molecule has 0 aliphatic heterocycles. The second-order valence-corrected chi connectivity index (χ2v) is 23.9. The minimum atomic E-state index is -0.664. The van der Waals surface area contributed by atoms with Crippen molar-refractivity contribution >= 4 is 5.91 Å². The molecule has 1 amide bonds. The fraction of sp³-hybridized carbons (Fsp3) is 0.800. The number of rotatable bonds is 65. The minimum Gasteiger partial charge on any atom is -0.394 e. The van der Waals surface area contributed by atoms with Crippen LogP contribution >= 0.6 is 0 Å². The average molecular weight is 1100 g/mol. The summed E-state index contributed by atoms with van der Waals surface area (Å²) in [4.78, 5) is 12.6. The molecule has 2 unspecified atom stereocenters. The van der Waals surface area contributed by atoms with Gasteiger partial charge in [0.2, 0.25) is 5.91 Å². The summed E-state index contributed by atoms with van der Waals surface area (Å²) in [6.45, 7) is 4.28. The SMILES string of the molecule is CC/C=C\C/C=C\C/C=C\C/C=C\C/C=C\C/C=C\C/C=C\CCCCCCCCCCCCCCCCCCCC(=O)NC(CO)C(O)CCCCCCCCCCCCCCCCCCCCCCCCCCCCCC. The van der Waals surface area contributed by atoms with Crippen LogP contribution in [0.1, 0.15) is 367 Å². The normalized spacial score (nSPS) is 13.2. The zero-order chi connectivity index (χ0) is 56.9. The molecule has 0 aliphatic rings. The number of hydrogen-bond acceptors (Lipinski definition) is 3. The summed E-state index contributed by atoms with van der Waals surface area (Å²) in [5.74, 6) is -0.0270. The molecule has 4 nitrogen and oxygen atoms in total. The van der Waals surface area contributed by atoms with Crippen LogP contribution in [0.2, 0.25) is 0 Å². The Balaban J connectivity index is 3.44. The van der Waals surface area contributed by atoms with Crippen molar-refractivity contribution < 1.29 is 15.0 Å². The Bertz CT molecular complexity index is 1390. The van der Waals surface area contributed by atoms with Gasteiger partial charge >= 0.3 is 0 Å². The molecule has 0 aliphatic carbocycles. The van der Waals surface area contributed by atoms with Gasteiger partial charge in [-0.15, -0.1) is 0 Å². The molecule has 3 N–H and O–H groups in total. The van der Waals surface area contributed by atoms with E-state index in [1.54, 1.807) is 0 Å². The summed E-state index contributed by atoms with van der Waals surface area (Å²) in [6.07, 6.45) is 102. The number of carbonyl (C=O) groups is 1. The van der Waals surface area contributed by atoms with Gasteiger partial charge in [0.25, 0.3) is 0 Å². The molecular formula is C75H137NO3. The number of aliphatic hydroxyl groups excluding tert-OH is 2. The Morgan fingerprint density at radius 2 is 0.557 bits per heavy atom. The van der Waals surface area contributed by atoms with Crippen molar-refractivity contribution in [3.05, 3.63) is 85.1 Å². The largest absolute Gasteiger partial charge is 0.394 e. The van der Waals surface area contributed by atoms with E-state index >= 15 is 0 Å². The molecule has 0 saturated heterocycles. The Kier molecular flexibility index (Phi) is 67.7. The van der Waals surface area contributed by atoms with Gasteiger partial charge in [-0.1, -0.05) is 375 Å². The van der Waals surface area contributed by atoms with Crippen molar-refractivity contribution in [3.63, 3.8) is 0 Å². The van der Waals surface area contributed by atoms with Crippen molar-refractivity contribution in [2.75, 3.05) is 6.61 Å². The van der Waals surface area contributed by atoms with Gasteiger partial charge in [0.05, 0.1) is 18.8 Å². The maximum absolute atomic E-state index is 12.6. The summed E-state index contributed by atoms with van der Waals surface area (Å²) in [5, 5.41) is 23.5. The van der Waals surface area contributed by atoms with Crippen molar-refractivity contribution in [3.8, 4) is 0 Å². The molecular weight excluding hydrogens is 963 g/mol. The Hall–Kier alpha value is -2.43. The molecule has 0 aromatic heterocycles. The number of carbonyl (C=O) groups excluding carboxylic acids is 1. The summed E-state index contributed by atoms with van der Waals surface area (Å²) >= 11 is 0. The molecule has 2 atom stereocenters. The third-order valence-corrected chi connectivity index (χ3v) is 16.2. The Morgan fingerprint density at radius 1 is 0.316 bits per heavy atom. The fourth-order valence-corrected chi connectivity index (χ4v) is 10.9. The maximum atomic E-state index is 12.6. The molecule has 0 radical (unpaired) electrons. The minimum absolute atomic E-state index is 0.0270. The van der Waals surface area contributed by atoms with Crippen LogP contribution in [-0.4, -0.2) is 34.9 Å². The smallest absolute Gasteiger partial charge is 0.220 e. The first kappa shape index (κ1) is 76.6. The maximum Gasteiger partial charge on any atom is 0.220 e. The van der Waals surface area contributed by atoms with Gasteiger partial charge in [-0.3, -0.25) is 4.79 Å². The van der Waals surface area contributed by atoms with E-state index in [1.807, 2.05) is 0 Å². The summed E-state index contributed by atoms with van der Waals surface area (Å²) in [7, 11) is 0. The Morgan fingerprint density at radius 3 is 0.835 bits per heavy atom. The third kappa shape index (κ3) is 66.3. The number of hydrogen-bond donors (Lipinski definition) is 3. The highest BCUT2D eigenvalue weighted by Crippen LogP contribution is 2.19. The molecule has 0 aromatic rings. The molecule has 460 valence electrons. The highest BCUT2D eigenvalue weighted by atomic mass is 16.3. The number of allylic oxidation sites excluding steroid dienone is 14. The molecule has 0 saturated carbocycles. The lowest BCUT2D eigenvalue weighted by Gasteiger charge is -2.22. The molecule has 4 heteroatoms. The van der Waals surface area contributed by atoms with Crippen LogP contribution in [0.3, 0.4) is 0 Å². The van der Waals surface area contributed by atoms with Crippen LogP contribution in [-0.2, 0) is 4.79 Å². The van der Waals surface area contributed by atoms with Gasteiger partial charge in [0.15, 0.2) is 0 Å². The van der Waals surface area contributed by atoms with Gasteiger partial charge < -0.3 is 15.5 Å². The summed E-state index contributed by atoms with van der Waals surface area (Å²) in [6, 6.07) is -0.541. The quantitative estimate of drug-likeness (QED) is 0.0420. The number of nitrogens with one attached hydrogen (secondary N) is 1. The van der Waals surface area contributed by atoms with E-state index in [0.717, 1.165) is 70.6 Å². The standard InChI is InChI=1S/C75H137NO3/c1-3-5-7-9-11-13-15-17-19-21-23-25-27-29-31-33-34-35-36-37-38-39-40-41-42-43-45-47-49-51-53-55-57-59-61-63-65-67-69-71-75(79)76-73(72-77)74(78)70-68-66-64-62-60-58-56-54-52-50-48-46-44-32-30-28-26-24-22-20-18-16-14-12-10-8-6-4-2/h5,7,11,13,17,19,23,25,29,31,34-35,37-38,73-74,77-78H,3-4,6,8-10,12,14-16,18,20-22,24,26-28,30,32-33,36,39-72H2,1-2H3,(H,76,79)/b7-5-,13-11-,19-17-,25-23-,31-29-,35-34-,38-37-. The monoisotopic (exact) mass is 1100 g/mol. The first-order valence-electron chi connectivity index (χ1n) is 35.3. The van der Waals surface area contributed by atoms with Crippen LogP contribution in [0.4, 0.5) is 0 Å². The van der Waals surface area contributed by atoms with E-state index in [9.17, 15) is 15.0 Å². The molecule has 0 fully saturated rings. The van der Waals surface area contributed by atoms with Crippen LogP contribution in [0.25, 0.3) is 0 Å². The van der Waals surface area contributed by atoms with Gasteiger partial charge in [-0.25, -0.2) is 0 Å². The van der Waals surface area contributed by atoms with Gasteiger partial charge in [0.1, 0.15) is 0 Å². The molecule has 0 spiro atoms.